The van der Waals surface area contributed by atoms with E-state index < -0.39 is 16.0 Å². The van der Waals surface area contributed by atoms with E-state index in [9.17, 15) is 18.3 Å². The van der Waals surface area contributed by atoms with Crippen LogP contribution in [0.25, 0.3) is 5.69 Å². The van der Waals surface area contributed by atoms with Crippen LogP contribution in [0.2, 0.25) is 0 Å². The average Bonchev–Trinajstić information content (AvgIpc) is 2.73. The van der Waals surface area contributed by atoms with E-state index in [-0.39, 0.29) is 10.5 Å². The number of carboxylic acids is 1. The fraction of sp³-hybridized carbons (Fsp3) is 0.0909. The van der Waals surface area contributed by atoms with E-state index >= 15 is 0 Å². The number of aryl methyl sites for hydroxylation is 1. The zero-order valence-electron chi connectivity index (χ0n) is 9.94. The smallest absolute Gasteiger partial charge is 0.337 e. The summed E-state index contributed by atoms with van der Waals surface area (Å²) in [5.41, 5.74) is 0.169. The highest BCUT2D eigenvalue weighted by molar-refractivity contribution is 7.89. The summed E-state index contributed by atoms with van der Waals surface area (Å²) in [6.07, 6.45) is 3.11. The van der Waals surface area contributed by atoms with Crippen molar-refractivity contribution in [2.45, 2.75) is 11.8 Å². The Bertz CT molecular complexity index is 749. The third-order valence-electron chi connectivity index (χ3n) is 2.61. The van der Waals surface area contributed by atoms with Gasteiger partial charge in [0.15, 0.2) is 0 Å². The number of imidazole rings is 1. The zero-order chi connectivity index (χ0) is 14.2. The fourth-order valence-electron chi connectivity index (χ4n) is 1.71. The molecule has 0 radical (unpaired) electrons. The minimum absolute atomic E-state index is 0.160. The van der Waals surface area contributed by atoms with Crippen molar-refractivity contribution in [1.82, 2.24) is 9.55 Å². The number of rotatable bonds is 3. The van der Waals surface area contributed by atoms with Gasteiger partial charge in [0, 0.05) is 12.4 Å². The summed E-state index contributed by atoms with van der Waals surface area (Å²) in [6.45, 7) is 1.71. The van der Waals surface area contributed by atoms with E-state index in [1.54, 1.807) is 17.7 Å². The molecule has 1 aromatic carbocycles. The van der Waals surface area contributed by atoms with Gasteiger partial charge >= 0.3 is 5.97 Å². The lowest BCUT2D eigenvalue weighted by molar-refractivity contribution is 0.0696. The van der Waals surface area contributed by atoms with Gasteiger partial charge in [-0.1, -0.05) is 0 Å². The van der Waals surface area contributed by atoms with Crippen molar-refractivity contribution in [3.8, 4) is 5.69 Å². The first kappa shape index (κ1) is 13.2. The molecule has 0 amide bonds. The number of hydrogen-bond donors (Lipinski definition) is 2. The Kier molecular flexibility index (Phi) is 3.13. The summed E-state index contributed by atoms with van der Waals surface area (Å²) in [7, 11) is -3.94. The zero-order valence-corrected chi connectivity index (χ0v) is 10.8. The second-order valence-electron chi connectivity index (χ2n) is 3.87. The lowest BCUT2D eigenvalue weighted by Crippen LogP contribution is -2.14. The van der Waals surface area contributed by atoms with Crippen molar-refractivity contribution >= 4 is 16.0 Å². The molecule has 0 fully saturated rings. The van der Waals surface area contributed by atoms with E-state index in [1.165, 1.54) is 18.3 Å². The van der Waals surface area contributed by atoms with Crippen molar-refractivity contribution in [3.05, 3.63) is 42.0 Å². The third-order valence-corrected chi connectivity index (χ3v) is 3.52. The maximum absolute atomic E-state index is 11.2. The summed E-state index contributed by atoms with van der Waals surface area (Å²) in [4.78, 5) is 15.0. The van der Waals surface area contributed by atoms with Crippen LogP contribution >= 0.6 is 0 Å². The van der Waals surface area contributed by atoms with Crippen molar-refractivity contribution in [2.24, 2.45) is 5.14 Å². The predicted octanol–water partition coefficient (Wildman–Crippen LogP) is 0.526. The molecular formula is C11H11N3O4S. The monoisotopic (exact) mass is 281 g/mol. The third kappa shape index (κ3) is 2.49. The number of hydrogen-bond acceptors (Lipinski definition) is 4. The van der Waals surface area contributed by atoms with Crippen LogP contribution in [0.3, 0.4) is 0 Å². The van der Waals surface area contributed by atoms with Crippen LogP contribution in [0.4, 0.5) is 0 Å². The Morgan fingerprint density at radius 2 is 2.11 bits per heavy atom. The topological polar surface area (TPSA) is 115 Å². The van der Waals surface area contributed by atoms with E-state index in [0.29, 0.717) is 11.5 Å². The molecule has 3 N–H and O–H groups in total. The molecule has 0 aliphatic rings. The number of aromatic carboxylic acids is 1. The predicted molar refractivity (Wildman–Crippen MR) is 66.6 cm³/mol. The second-order valence-corrected chi connectivity index (χ2v) is 5.43. The second kappa shape index (κ2) is 4.48. The number of carboxylic acid groups (broad SMARTS) is 1. The molecule has 7 nitrogen and oxygen atoms in total. The average molecular weight is 281 g/mol. The highest BCUT2D eigenvalue weighted by Gasteiger charge is 2.17. The molecule has 0 aliphatic heterocycles. The van der Waals surface area contributed by atoms with E-state index in [1.807, 2.05) is 0 Å². The largest absolute Gasteiger partial charge is 0.478 e. The standard InChI is InChI=1S/C11H11N3O4S/c1-7-13-4-5-14(7)10-3-2-8(19(12,17)18)6-9(10)11(15)16/h2-6H,1H3,(H,15,16)(H2,12,17,18). The van der Waals surface area contributed by atoms with Crippen LogP contribution in [0.5, 0.6) is 0 Å². The minimum Gasteiger partial charge on any atom is -0.478 e. The minimum atomic E-state index is -3.94. The molecule has 0 saturated carbocycles. The number of primary sulfonamides is 1. The summed E-state index contributed by atoms with van der Waals surface area (Å²) < 4.78 is 24.0. The molecule has 0 spiro atoms. The summed E-state index contributed by atoms with van der Waals surface area (Å²) in [5.74, 6) is -0.653. The van der Waals surface area contributed by atoms with Gasteiger partial charge in [0.1, 0.15) is 5.82 Å². The summed E-state index contributed by atoms with van der Waals surface area (Å²) in [5, 5.41) is 14.2. The Hall–Kier alpha value is -2.19. The molecule has 2 rings (SSSR count). The number of nitrogens with zero attached hydrogens (tertiary/aromatic N) is 2. The highest BCUT2D eigenvalue weighted by atomic mass is 32.2. The quantitative estimate of drug-likeness (QED) is 0.851. The van der Waals surface area contributed by atoms with E-state index in [0.717, 1.165) is 6.07 Å². The van der Waals surface area contributed by atoms with Crippen molar-refractivity contribution < 1.29 is 18.3 Å². The van der Waals surface area contributed by atoms with Gasteiger partial charge in [-0.3, -0.25) is 0 Å². The molecule has 0 bridgehead atoms. The van der Waals surface area contributed by atoms with Gasteiger partial charge in [-0.25, -0.2) is 23.3 Å². The molecule has 2 aromatic rings. The Labute approximate surface area is 109 Å². The molecule has 0 atom stereocenters. The molecule has 8 heteroatoms. The lowest BCUT2D eigenvalue weighted by atomic mass is 10.1. The number of nitrogens with two attached hydrogens (primary N) is 1. The summed E-state index contributed by atoms with van der Waals surface area (Å²) >= 11 is 0. The fourth-order valence-corrected chi connectivity index (χ4v) is 2.25. The van der Waals surface area contributed by atoms with Gasteiger partial charge in [0.2, 0.25) is 10.0 Å². The molecule has 0 aliphatic carbocycles. The van der Waals surface area contributed by atoms with E-state index in [2.05, 4.69) is 4.98 Å². The van der Waals surface area contributed by atoms with E-state index in [4.69, 9.17) is 5.14 Å². The number of carbonyl (C=O) groups is 1. The molecule has 1 heterocycles. The van der Waals surface area contributed by atoms with Gasteiger partial charge in [0.05, 0.1) is 16.1 Å². The molecule has 0 saturated heterocycles. The van der Waals surface area contributed by atoms with Crippen LogP contribution in [-0.4, -0.2) is 29.0 Å². The Morgan fingerprint density at radius 1 is 1.42 bits per heavy atom. The molecule has 0 unspecified atom stereocenters. The lowest BCUT2D eigenvalue weighted by Gasteiger charge is -2.10. The number of sulfonamides is 1. The van der Waals surface area contributed by atoms with Gasteiger partial charge < -0.3 is 9.67 Å². The van der Waals surface area contributed by atoms with Crippen LogP contribution in [0.15, 0.2) is 35.5 Å². The van der Waals surface area contributed by atoms with Gasteiger partial charge in [0.25, 0.3) is 0 Å². The normalized spacial score (nSPS) is 11.5. The Balaban J connectivity index is 2.71. The first-order valence-corrected chi connectivity index (χ1v) is 6.76. The number of benzene rings is 1. The van der Waals surface area contributed by atoms with Crippen molar-refractivity contribution in [3.63, 3.8) is 0 Å². The summed E-state index contributed by atoms with van der Waals surface area (Å²) in [6, 6.07) is 3.68. The molecule has 19 heavy (non-hydrogen) atoms. The first-order chi connectivity index (χ1) is 8.80. The maximum Gasteiger partial charge on any atom is 0.337 e. The molecular weight excluding hydrogens is 270 g/mol. The van der Waals surface area contributed by atoms with Crippen LogP contribution in [0.1, 0.15) is 16.2 Å². The van der Waals surface area contributed by atoms with Crippen LogP contribution in [0, 0.1) is 6.92 Å². The van der Waals surface area contributed by atoms with Crippen LogP contribution in [-0.2, 0) is 10.0 Å². The molecule has 100 valence electrons. The van der Waals surface area contributed by atoms with Gasteiger partial charge in [-0.2, -0.15) is 0 Å². The molecule has 1 aromatic heterocycles. The number of aromatic nitrogens is 2. The Morgan fingerprint density at radius 3 is 2.58 bits per heavy atom. The van der Waals surface area contributed by atoms with Gasteiger partial charge in [-0.15, -0.1) is 0 Å². The van der Waals surface area contributed by atoms with Crippen molar-refractivity contribution in [1.29, 1.82) is 0 Å². The highest BCUT2D eigenvalue weighted by Crippen LogP contribution is 2.20. The van der Waals surface area contributed by atoms with Crippen LogP contribution < -0.4 is 5.14 Å². The van der Waals surface area contributed by atoms with Gasteiger partial charge in [-0.05, 0) is 25.1 Å². The van der Waals surface area contributed by atoms with Crippen molar-refractivity contribution in [2.75, 3.05) is 0 Å². The first-order valence-electron chi connectivity index (χ1n) is 5.21. The maximum atomic E-state index is 11.2. The SMILES string of the molecule is Cc1nccn1-c1ccc(S(N)(=O)=O)cc1C(=O)O.